The number of hydrogen-bond acceptors (Lipinski definition) is 4. The van der Waals surface area contributed by atoms with E-state index < -0.39 is 15.8 Å². The third kappa shape index (κ3) is 4.67. The number of aryl methyl sites for hydroxylation is 1. The summed E-state index contributed by atoms with van der Waals surface area (Å²) in [5.74, 6) is -0.329. The van der Waals surface area contributed by atoms with E-state index in [2.05, 4.69) is 4.72 Å². The highest BCUT2D eigenvalue weighted by Gasteiger charge is 2.17. The van der Waals surface area contributed by atoms with Gasteiger partial charge in [-0.05, 0) is 31.2 Å². The van der Waals surface area contributed by atoms with Crippen molar-refractivity contribution in [3.8, 4) is 5.75 Å². The molecule has 1 N–H and O–H groups in total. The number of anilines is 1. The molecule has 0 bridgehead atoms. The first-order valence-electron chi connectivity index (χ1n) is 6.93. The number of hydrogen-bond donors (Lipinski definition) is 1. The SMILES string of the molecule is COCCOc1ccc(F)cc1NS(=O)(=O)c1ccc(C)cc1. The summed E-state index contributed by atoms with van der Waals surface area (Å²) < 4.78 is 50.9. The van der Waals surface area contributed by atoms with E-state index in [1.807, 2.05) is 6.92 Å². The molecule has 0 saturated heterocycles. The number of ether oxygens (including phenoxy) is 2. The highest BCUT2D eigenvalue weighted by molar-refractivity contribution is 7.92. The monoisotopic (exact) mass is 339 g/mol. The van der Waals surface area contributed by atoms with Crippen LogP contribution in [0, 0.1) is 12.7 Å². The van der Waals surface area contributed by atoms with Gasteiger partial charge in [0.05, 0.1) is 17.2 Å². The lowest BCUT2D eigenvalue weighted by molar-refractivity contribution is 0.146. The van der Waals surface area contributed by atoms with E-state index in [0.717, 1.165) is 11.6 Å². The van der Waals surface area contributed by atoms with Crippen LogP contribution in [0.15, 0.2) is 47.4 Å². The Hall–Kier alpha value is -2.12. The van der Waals surface area contributed by atoms with Crippen molar-refractivity contribution < 1.29 is 22.3 Å². The van der Waals surface area contributed by atoms with Crippen LogP contribution in [-0.2, 0) is 14.8 Å². The standard InChI is InChI=1S/C16H18FNO4S/c1-12-3-6-14(7-4-12)23(19,20)18-15-11-13(17)5-8-16(15)22-10-9-21-2/h3-8,11,18H,9-10H2,1-2H3. The molecule has 0 aromatic heterocycles. The van der Waals surface area contributed by atoms with Crippen LogP contribution in [0.4, 0.5) is 10.1 Å². The molecule has 5 nitrogen and oxygen atoms in total. The molecule has 0 heterocycles. The second-order valence-electron chi connectivity index (χ2n) is 4.90. The summed E-state index contributed by atoms with van der Waals surface area (Å²) in [4.78, 5) is 0.0928. The lowest BCUT2D eigenvalue weighted by Gasteiger charge is -2.14. The third-order valence-corrected chi connectivity index (χ3v) is 4.44. The minimum atomic E-state index is -3.83. The Morgan fingerprint density at radius 3 is 2.43 bits per heavy atom. The number of halogens is 1. The summed E-state index contributed by atoms with van der Waals surface area (Å²) in [6, 6.07) is 10.0. The van der Waals surface area contributed by atoms with Crippen LogP contribution >= 0.6 is 0 Å². The molecule has 2 aromatic rings. The van der Waals surface area contributed by atoms with E-state index in [1.54, 1.807) is 12.1 Å². The Balaban J connectivity index is 2.27. The third-order valence-electron chi connectivity index (χ3n) is 3.06. The second-order valence-corrected chi connectivity index (χ2v) is 6.58. The van der Waals surface area contributed by atoms with Crippen LogP contribution in [0.5, 0.6) is 5.75 Å². The molecule has 0 aliphatic carbocycles. The predicted molar refractivity (Wildman–Crippen MR) is 85.8 cm³/mol. The van der Waals surface area contributed by atoms with Gasteiger partial charge in [0.2, 0.25) is 0 Å². The van der Waals surface area contributed by atoms with E-state index in [4.69, 9.17) is 9.47 Å². The molecular formula is C16H18FNO4S. The van der Waals surface area contributed by atoms with E-state index in [1.165, 1.54) is 31.4 Å². The van der Waals surface area contributed by atoms with Crippen molar-refractivity contribution in [2.75, 3.05) is 25.0 Å². The molecule has 0 aliphatic heterocycles. The number of methoxy groups -OCH3 is 1. The van der Waals surface area contributed by atoms with Gasteiger partial charge in [-0.1, -0.05) is 17.7 Å². The molecule has 0 unspecified atom stereocenters. The molecule has 2 rings (SSSR count). The van der Waals surface area contributed by atoms with Crippen molar-refractivity contribution in [3.05, 3.63) is 53.8 Å². The van der Waals surface area contributed by atoms with Gasteiger partial charge in [0, 0.05) is 13.2 Å². The van der Waals surface area contributed by atoms with Gasteiger partial charge in [-0.15, -0.1) is 0 Å². The van der Waals surface area contributed by atoms with Gasteiger partial charge in [0.25, 0.3) is 10.0 Å². The summed E-state index contributed by atoms with van der Waals surface area (Å²) >= 11 is 0. The van der Waals surface area contributed by atoms with Gasteiger partial charge in [-0.3, -0.25) is 4.72 Å². The topological polar surface area (TPSA) is 64.6 Å². The van der Waals surface area contributed by atoms with Crippen molar-refractivity contribution in [1.29, 1.82) is 0 Å². The Morgan fingerprint density at radius 1 is 1.09 bits per heavy atom. The number of benzene rings is 2. The van der Waals surface area contributed by atoms with Crippen molar-refractivity contribution >= 4 is 15.7 Å². The molecule has 0 fully saturated rings. The molecule has 0 amide bonds. The number of sulfonamides is 1. The highest BCUT2D eigenvalue weighted by atomic mass is 32.2. The van der Waals surface area contributed by atoms with Gasteiger partial charge in [0.15, 0.2) is 0 Å². The fourth-order valence-electron chi connectivity index (χ4n) is 1.86. The van der Waals surface area contributed by atoms with Crippen LogP contribution in [0.2, 0.25) is 0 Å². The van der Waals surface area contributed by atoms with E-state index in [0.29, 0.717) is 6.61 Å². The van der Waals surface area contributed by atoms with Crippen LogP contribution in [0.1, 0.15) is 5.56 Å². The Morgan fingerprint density at radius 2 is 1.78 bits per heavy atom. The Labute approximate surface area is 135 Å². The molecule has 2 aromatic carbocycles. The second kappa shape index (κ2) is 7.43. The van der Waals surface area contributed by atoms with Gasteiger partial charge in [0.1, 0.15) is 18.2 Å². The largest absolute Gasteiger partial charge is 0.489 e. The van der Waals surface area contributed by atoms with Crippen LogP contribution < -0.4 is 9.46 Å². The summed E-state index contributed by atoms with van der Waals surface area (Å²) in [5.41, 5.74) is 0.986. The molecule has 124 valence electrons. The van der Waals surface area contributed by atoms with Crippen molar-refractivity contribution in [1.82, 2.24) is 0 Å². The Bertz CT molecular complexity index is 760. The van der Waals surface area contributed by atoms with E-state index in [9.17, 15) is 12.8 Å². The van der Waals surface area contributed by atoms with Crippen LogP contribution in [0.25, 0.3) is 0 Å². The van der Waals surface area contributed by atoms with Gasteiger partial charge in [-0.25, -0.2) is 12.8 Å². The predicted octanol–water partition coefficient (Wildman–Crippen LogP) is 2.96. The van der Waals surface area contributed by atoms with Crippen molar-refractivity contribution in [2.45, 2.75) is 11.8 Å². The maximum absolute atomic E-state index is 13.5. The highest BCUT2D eigenvalue weighted by Crippen LogP contribution is 2.28. The zero-order chi connectivity index (χ0) is 16.9. The average molecular weight is 339 g/mol. The minimum absolute atomic E-state index is 0.0432. The number of nitrogens with one attached hydrogen (secondary N) is 1. The molecule has 0 spiro atoms. The molecule has 7 heteroatoms. The van der Waals surface area contributed by atoms with E-state index >= 15 is 0 Å². The van der Waals surface area contributed by atoms with Gasteiger partial charge >= 0.3 is 0 Å². The molecule has 0 aliphatic rings. The summed E-state index contributed by atoms with van der Waals surface area (Å²) in [5, 5.41) is 0. The first kappa shape index (κ1) is 17.2. The quantitative estimate of drug-likeness (QED) is 0.788. The van der Waals surface area contributed by atoms with Crippen LogP contribution in [-0.4, -0.2) is 28.7 Å². The molecule has 23 heavy (non-hydrogen) atoms. The maximum Gasteiger partial charge on any atom is 0.262 e. The molecule has 0 atom stereocenters. The lowest BCUT2D eigenvalue weighted by Crippen LogP contribution is -2.15. The fraction of sp³-hybridized carbons (Fsp3) is 0.250. The van der Waals surface area contributed by atoms with Gasteiger partial charge < -0.3 is 9.47 Å². The first-order chi connectivity index (χ1) is 10.9. The normalized spacial score (nSPS) is 11.3. The summed E-state index contributed by atoms with van der Waals surface area (Å²) in [6.07, 6.45) is 0. The average Bonchev–Trinajstić information content (AvgIpc) is 2.50. The maximum atomic E-state index is 13.5. The minimum Gasteiger partial charge on any atom is -0.489 e. The first-order valence-corrected chi connectivity index (χ1v) is 8.41. The van der Waals surface area contributed by atoms with Crippen molar-refractivity contribution in [3.63, 3.8) is 0 Å². The van der Waals surface area contributed by atoms with Crippen molar-refractivity contribution in [2.24, 2.45) is 0 Å². The molecule has 0 radical (unpaired) electrons. The van der Waals surface area contributed by atoms with Crippen LogP contribution in [0.3, 0.4) is 0 Å². The zero-order valence-corrected chi connectivity index (χ0v) is 13.7. The number of rotatable bonds is 7. The summed E-state index contributed by atoms with van der Waals surface area (Å²) in [7, 11) is -2.31. The summed E-state index contributed by atoms with van der Waals surface area (Å²) in [6.45, 7) is 2.42. The zero-order valence-electron chi connectivity index (χ0n) is 12.9. The molecular weight excluding hydrogens is 321 g/mol. The molecule has 0 saturated carbocycles. The Kier molecular flexibility index (Phi) is 5.57. The lowest BCUT2D eigenvalue weighted by atomic mass is 10.2. The van der Waals surface area contributed by atoms with Gasteiger partial charge in [-0.2, -0.15) is 0 Å². The van der Waals surface area contributed by atoms with E-state index in [-0.39, 0.29) is 22.9 Å². The fourth-order valence-corrected chi connectivity index (χ4v) is 2.93. The smallest absolute Gasteiger partial charge is 0.262 e.